The van der Waals surface area contributed by atoms with Crippen molar-refractivity contribution in [3.05, 3.63) is 0 Å². The molecule has 0 saturated heterocycles. The van der Waals surface area contributed by atoms with Crippen molar-refractivity contribution in [1.82, 2.24) is 0 Å². The van der Waals surface area contributed by atoms with Crippen molar-refractivity contribution in [2.75, 3.05) is 26.2 Å². The van der Waals surface area contributed by atoms with Crippen LogP contribution in [-0.2, 0) is 10.1 Å². The van der Waals surface area contributed by atoms with Crippen LogP contribution in [0.1, 0.15) is 47.5 Å². The molecule has 0 N–H and O–H groups in total. The van der Waals surface area contributed by atoms with Gasteiger partial charge >= 0.3 is 17.1 Å². The first-order valence-corrected chi connectivity index (χ1v) is 9.40. The van der Waals surface area contributed by atoms with E-state index in [9.17, 15) is 39.3 Å². The Morgan fingerprint density at radius 3 is 1.28 bits per heavy atom. The van der Waals surface area contributed by atoms with E-state index < -0.39 is 40.1 Å². The Kier molecular flexibility index (Phi) is 10.0. The Bertz CT molecular complexity index is 475. The molecule has 4 nitrogen and oxygen atoms in total. The predicted octanol–water partition coefficient (Wildman–Crippen LogP) is 4.08. The third kappa shape index (κ3) is 5.99. The van der Waals surface area contributed by atoms with E-state index in [-0.39, 0.29) is 0 Å². The van der Waals surface area contributed by atoms with E-state index in [1.165, 1.54) is 30.7 Å². The Morgan fingerprint density at radius 2 is 1.12 bits per heavy atom. The summed E-state index contributed by atoms with van der Waals surface area (Å²) in [4.78, 5) is 0. The summed E-state index contributed by atoms with van der Waals surface area (Å²) in [5.41, 5.74) is 0. The molecule has 0 aromatic carbocycles. The number of nitrogens with zero attached hydrogens (tertiary/aromatic N) is 1. The molecule has 0 aromatic heterocycles. The van der Waals surface area contributed by atoms with Gasteiger partial charge in [-0.05, 0) is 27.7 Å². The summed E-state index contributed by atoms with van der Waals surface area (Å²) in [6, 6.07) is 0. The Balaban J connectivity index is 0. The highest BCUT2D eigenvalue weighted by atomic mass is 32.2. The largest absolute Gasteiger partial charge is 0.743 e. The summed E-state index contributed by atoms with van der Waals surface area (Å²) in [6.07, 6.45) is -2.25. The normalized spacial score (nSPS) is 14.1. The van der Waals surface area contributed by atoms with E-state index in [0.29, 0.717) is 0 Å². The van der Waals surface area contributed by atoms with Crippen molar-refractivity contribution in [2.24, 2.45) is 0 Å². The van der Waals surface area contributed by atoms with E-state index >= 15 is 0 Å². The number of rotatable bonds is 9. The molecule has 0 aliphatic rings. The zero-order chi connectivity index (χ0) is 20.7. The van der Waals surface area contributed by atoms with Crippen LogP contribution in [0.25, 0.3) is 0 Å². The lowest BCUT2D eigenvalue weighted by molar-refractivity contribution is -0.921. The first-order chi connectivity index (χ1) is 11.1. The first-order valence-electron chi connectivity index (χ1n) is 7.99. The van der Waals surface area contributed by atoms with E-state index in [1.54, 1.807) is 0 Å². The average molecular weight is 403 g/mol. The van der Waals surface area contributed by atoms with E-state index in [4.69, 9.17) is 0 Å². The molecule has 0 radical (unpaired) electrons. The summed E-state index contributed by atoms with van der Waals surface area (Å²) >= 11 is 0. The van der Waals surface area contributed by atoms with E-state index in [0.717, 1.165) is 6.92 Å². The highest BCUT2D eigenvalue weighted by Gasteiger charge is 2.74. The monoisotopic (exact) mass is 403 g/mol. The van der Waals surface area contributed by atoms with Gasteiger partial charge in [0.25, 0.3) is 0 Å². The van der Waals surface area contributed by atoms with Gasteiger partial charge in [0, 0.05) is 6.42 Å². The molecular formula is C14H27F6NO3S. The van der Waals surface area contributed by atoms with Gasteiger partial charge in [-0.15, -0.1) is 0 Å². The van der Waals surface area contributed by atoms with Gasteiger partial charge in [0.05, 0.1) is 26.2 Å². The third-order valence-electron chi connectivity index (χ3n) is 4.39. The van der Waals surface area contributed by atoms with Crippen molar-refractivity contribution < 1.29 is 43.8 Å². The lowest BCUT2D eigenvalue weighted by Gasteiger charge is -2.34. The van der Waals surface area contributed by atoms with E-state index in [1.807, 2.05) is 0 Å². The van der Waals surface area contributed by atoms with Gasteiger partial charge in [-0.3, -0.25) is 0 Å². The topological polar surface area (TPSA) is 57.2 Å². The summed E-state index contributed by atoms with van der Waals surface area (Å²) in [7, 11) is -6.87. The number of halogens is 6. The number of alkyl halides is 6. The summed E-state index contributed by atoms with van der Waals surface area (Å²) in [5, 5.41) is -6.35. The zero-order valence-electron chi connectivity index (χ0n) is 15.1. The molecule has 154 valence electrons. The van der Waals surface area contributed by atoms with Crippen molar-refractivity contribution in [3.8, 4) is 0 Å². The molecule has 0 amide bonds. The van der Waals surface area contributed by atoms with Crippen molar-refractivity contribution >= 4 is 10.1 Å². The lowest BCUT2D eigenvalue weighted by Crippen LogP contribution is -2.57. The highest BCUT2D eigenvalue weighted by molar-refractivity contribution is 7.86. The molecular weight excluding hydrogens is 376 g/mol. The minimum atomic E-state index is -6.87. The van der Waals surface area contributed by atoms with Crippen LogP contribution in [0.15, 0.2) is 0 Å². The SMILES string of the molecule is CCCC(F)(F)C(F)(F)C(F)(F)S(=O)(=O)[O-].CC[N+](CC)(CC)CC. The van der Waals surface area contributed by atoms with Crippen LogP contribution in [-0.4, -0.2) is 60.7 Å². The summed E-state index contributed by atoms with van der Waals surface area (Å²) in [6.45, 7) is 15.2. The number of quaternary nitrogens is 1. The number of hydrogen-bond acceptors (Lipinski definition) is 3. The standard InChI is InChI=1S/C8H20N.C6H8F6O3S/c1-5-9(6-2,7-3)8-4;1-2-3-4(7,8)5(9,10)6(11,12)16(13,14)15/h5-8H2,1-4H3;2-3H2,1H3,(H,13,14,15)/q+1;/p-1. The fourth-order valence-electron chi connectivity index (χ4n) is 2.18. The van der Waals surface area contributed by atoms with Gasteiger partial charge < -0.3 is 9.04 Å². The molecule has 0 aliphatic carbocycles. The first kappa shape index (κ1) is 26.7. The van der Waals surface area contributed by atoms with Crippen LogP contribution in [0.4, 0.5) is 26.3 Å². The second-order valence-corrected chi connectivity index (χ2v) is 7.03. The molecule has 25 heavy (non-hydrogen) atoms. The van der Waals surface area contributed by atoms with Crippen molar-refractivity contribution in [3.63, 3.8) is 0 Å². The summed E-state index contributed by atoms with van der Waals surface area (Å²) in [5.74, 6) is -11.5. The Hall–Kier alpha value is -0.550. The molecule has 0 rings (SSSR count). The van der Waals surface area contributed by atoms with Gasteiger partial charge in [0.1, 0.15) is 0 Å². The van der Waals surface area contributed by atoms with Crippen LogP contribution >= 0.6 is 0 Å². The fraction of sp³-hybridized carbons (Fsp3) is 1.00. The van der Waals surface area contributed by atoms with Gasteiger partial charge in [-0.1, -0.05) is 13.3 Å². The van der Waals surface area contributed by atoms with Crippen molar-refractivity contribution in [1.29, 1.82) is 0 Å². The minimum absolute atomic E-state index is 0.586. The maximum atomic E-state index is 12.6. The van der Waals surface area contributed by atoms with Gasteiger partial charge in [0.2, 0.25) is 0 Å². The molecule has 0 saturated carbocycles. The molecule has 0 spiro atoms. The van der Waals surface area contributed by atoms with Crippen LogP contribution in [0.3, 0.4) is 0 Å². The van der Waals surface area contributed by atoms with Crippen LogP contribution in [0, 0.1) is 0 Å². The zero-order valence-corrected chi connectivity index (χ0v) is 15.9. The highest BCUT2D eigenvalue weighted by Crippen LogP contribution is 2.49. The second-order valence-electron chi connectivity index (χ2n) is 5.61. The van der Waals surface area contributed by atoms with Gasteiger partial charge in [-0.2, -0.15) is 26.3 Å². The van der Waals surface area contributed by atoms with E-state index in [2.05, 4.69) is 27.7 Å². The minimum Gasteiger partial charge on any atom is -0.743 e. The molecule has 0 bridgehead atoms. The number of hydrogen-bond donors (Lipinski definition) is 0. The lowest BCUT2D eigenvalue weighted by atomic mass is 10.1. The molecule has 0 heterocycles. The molecule has 0 atom stereocenters. The average Bonchev–Trinajstić information content (AvgIpc) is 2.49. The van der Waals surface area contributed by atoms with Crippen LogP contribution in [0.5, 0.6) is 0 Å². The molecule has 0 fully saturated rings. The van der Waals surface area contributed by atoms with Crippen LogP contribution < -0.4 is 0 Å². The quantitative estimate of drug-likeness (QED) is 0.331. The molecule has 0 unspecified atom stereocenters. The van der Waals surface area contributed by atoms with Crippen molar-refractivity contribution in [2.45, 2.75) is 64.6 Å². The summed E-state index contributed by atoms with van der Waals surface area (Å²) < 4.78 is 106. The predicted molar refractivity (Wildman–Crippen MR) is 81.9 cm³/mol. The molecule has 11 heteroatoms. The van der Waals surface area contributed by atoms with Gasteiger partial charge in [-0.25, -0.2) is 8.42 Å². The second kappa shape index (κ2) is 9.40. The molecule has 0 aromatic rings. The maximum absolute atomic E-state index is 12.6. The third-order valence-corrected chi connectivity index (χ3v) is 5.27. The Morgan fingerprint density at radius 1 is 0.800 bits per heavy atom. The van der Waals surface area contributed by atoms with Gasteiger partial charge in [0.15, 0.2) is 10.1 Å². The maximum Gasteiger partial charge on any atom is 0.402 e. The smallest absolute Gasteiger partial charge is 0.402 e. The fourth-order valence-corrected chi connectivity index (χ4v) is 2.65. The van der Waals surface area contributed by atoms with Crippen LogP contribution in [0.2, 0.25) is 0 Å². The Labute approximate surface area is 145 Å². The molecule has 0 aliphatic heterocycles.